The number of amides is 3. The molecule has 0 heterocycles. The summed E-state index contributed by atoms with van der Waals surface area (Å²) in [5.41, 5.74) is 4.50. The lowest BCUT2D eigenvalue weighted by Crippen LogP contribution is -2.32. The van der Waals surface area contributed by atoms with E-state index in [4.69, 9.17) is 21.1 Å². The fraction of sp³-hybridized carbons (Fsp3) is 0.111. The van der Waals surface area contributed by atoms with E-state index >= 15 is 0 Å². The third-order valence-electron chi connectivity index (χ3n) is 4.85. The number of halogens is 2. The van der Waals surface area contributed by atoms with Gasteiger partial charge in [-0.3, -0.25) is 14.4 Å². The Labute approximate surface area is 233 Å². The molecule has 0 aromatic heterocycles. The van der Waals surface area contributed by atoms with E-state index in [1.165, 1.54) is 6.21 Å². The molecule has 0 bridgehead atoms. The molecule has 0 fully saturated rings. The third kappa shape index (κ3) is 8.75. The van der Waals surface area contributed by atoms with E-state index in [-0.39, 0.29) is 12.5 Å². The second-order valence-corrected chi connectivity index (χ2v) is 9.11. The quantitative estimate of drug-likeness (QED) is 0.130. The molecule has 0 saturated carbocycles. The summed E-state index contributed by atoms with van der Waals surface area (Å²) in [5.74, 6) is -1.36. The van der Waals surface area contributed by atoms with Crippen LogP contribution in [-0.2, 0) is 14.4 Å². The van der Waals surface area contributed by atoms with Gasteiger partial charge in [-0.1, -0.05) is 40.2 Å². The zero-order valence-electron chi connectivity index (χ0n) is 20.3. The van der Waals surface area contributed by atoms with Crippen molar-refractivity contribution >= 4 is 62.8 Å². The normalized spacial score (nSPS) is 10.5. The van der Waals surface area contributed by atoms with Crippen molar-refractivity contribution in [2.75, 3.05) is 23.8 Å². The van der Waals surface area contributed by atoms with Crippen molar-refractivity contribution in [1.29, 1.82) is 0 Å². The molecule has 0 aliphatic carbocycles. The van der Waals surface area contributed by atoms with Gasteiger partial charge in [0.15, 0.2) is 6.61 Å². The van der Waals surface area contributed by atoms with E-state index in [1.54, 1.807) is 54.6 Å². The van der Waals surface area contributed by atoms with Crippen LogP contribution in [0.15, 0.2) is 82.9 Å². The van der Waals surface area contributed by atoms with E-state index in [1.807, 2.05) is 19.1 Å². The number of anilines is 2. The van der Waals surface area contributed by atoms with Crippen molar-refractivity contribution in [2.24, 2.45) is 5.10 Å². The SMILES string of the molecule is C=CCOc1ccc(NC(=O)C(=O)N/N=C\c2cc(Cl)ccc2OCC(=O)Nc2ccc(Br)cc2C)cc1. The Morgan fingerprint density at radius 3 is 2.47 bits per heavy atom. The molecule has 38 heavy (non-hydrogen) atoms. The second kappa shape index (κ2) is 14.0. The van der Waals surface area contributed by atoms with Gasteiger partial charge in [-0.2, -0.15) is 5.10 Å². The smallest absolute Gasteiger partial charge is 0.329 e. The molecule has 196 valence electrons. The van der Waals surface area contributed by atoms with Crippen LogP contribution in [0.25, 0.3) is 0 Å². The molecule has 3 N–H and O–H groups in total. The number of rotatable bonds is 10. The van der Waals surface area contributed by atoms with Gasteiger partial charge in [0, 0.05) is 26.4 Å². The second-order valence-electron chi connectivity index (χ2n) is 7.76. The van der Waals surface area contributed by atoms with Crippen molar-refractivity contribution in [3.05, 3.63) is 93.9 Å². The summed E-state index contributed by atoms with van der Waals surface area (Å²) < 4.78 is 11.9. The maximum Gasteiger partial charge on any atom is 0.329 e. The third-order valence-corrected chi connectivity index (χ3v) is 5.58. The Hall–Kier alpha value is -4.15. The molecular formula is C27H24BrClN4O5. The number of carbonyl (C=O) groups excluding carboxylic acids is 3. The minimum atomic E-state index is -0.984. The largest absolute Gasteiger partial charge is 0.490 e. The highest BCUT2D eigenvalue weighted by atomic mass is 79.9. The number of hydrazone groups is 1. The number of aryl methyl sites for hydroxylation is 1. The van der Waals surface area contributed by atoms with E-state index < -0.39 is 11.8 Å². The number of hydrogen-bond donors (Lipinski definition) is 3. The number of carbonyl (C=O) groups is 3. The summed E-state index contributed by atoms with van der Waals surface area (Å²) in [6, 6.07) is 16.7. The summed E-state index contributed by atoms with van der Waals surface area (Å²) >= 11 is 9.46. The van der Waals surface area contributed by atoms with Gasteiger partial charge in [0.2, 0.25) is 0 Å². The van der Waals surface area contributed by atoms with Crippen molar-refractivity contribution < 1.29 is 23.9 Å². The first kappa shape index (κ1) is 28.4. The van der Waals surface area contributed by atoms with E-state index in [9.17, 15) is 14.4 Å². The summed E-state index contributed by atoms with van der Waals surface area (Å²) in [4.78, 5) is 36.7. The number of benzene rings is 3. The van der Waals surface area contributed by atoms with Crippen LogP contribution in [0.3, 0.4) is 0 Å². The summed E-state index contributed by atoms with van der Waals surface area (Å²) in [6.45, 7) is 5.52. The topological polar surface area (TPSA) is 118 Å². The summed E-state index contributed by atoms with van der Waals surface area (Å²) in [5, 5.41) is 9.44. The minimum Gasteiger partial charge on any atom is -0.490 e. The molecule has 11 heteroatoms. The van der Waals surface area contributed by atoms with Gasteiger partial charge in [0.25, 0.3) is 5.91 Å². The molecule has 0 atom stereocenters. The first-order chi connectivity index (χ1) is 18.2. The first-order valence-electron chi connectivity index (χ1n) is 11.2. The molecule has 0 aliphatic heterocycles. The van der Waals surface area contributed by atoms with Gasteiger partial charge < -0.3 is 20.1 Å². The Kier molecular flexibility index (Phi) is 10.4. The average molecular weight is 600 g/mol. The predicted octanol–water partition coefficient (Wildman–Crippen LogP) is 5.08. The lowest BCUT2D eigenvalue weighted by atomic mass is 10.2. The standard InChI is InChI=1S/C27H24BrClN4O5/c1-3-12-37-22-8-6-21(7-9-22)31-26(35)27(36)33-30-15-18-14-20(29)5-11-24(18)38-16-25(34)32-23-10-4-19(28)13-17(23)2/h3-11,13-15H,1,12,16H2,2H3,(H,31,35)(H,32,34)(H,33,36)/b30-15-. The molecule has 3 rings (SSSR count). The summed E-state index contributed by atoms with van der Waals surface area (Å²) in [6.07, 6.45) is 2.87. The Morgan fingerprint density at radius 2 is 1.76 bits per heavy atom. The Bertz CT molecular complexity index is 1360. The average Bonchev–Trinajstić information content (AvgIpc) is 2.89. The molecule has 0 radical (unpaired) electrons. The van der Waals surface area contributed by atoms with Gasteiger partial charge in [-0.15, -0.1) is 0 Å². The van der Waals surface area contributed by atoms with Crippen molar-refractivity contribution in [2.45, 2.75) is 6.92 Å². The molecule has 3 aromatic carbocycles. The van der Waals surface area contributed by atoms with Gasteiger partial charge in [0.05, 0.1) is 6.21 Å². The number of nitrogens with zero attached hydrogens (tertiary/aromatic N) is 1. The highest BCUT2D eigenvalue weighted by Gasteiger charge is 2.13. The molecule has 9 nitrogen and oxygen atoms in total. The van der Waals surface area contributed by atoms with Crippen LogP contribution in [0.5, 0.6) is 11.5 Å². The van der Waals surface area contributed by atoms with Crippen molar-refractivity contribution in [3.8, 4) is 11.5 Å². The van der Waals surface area contributed by atoms with Crippen LogP contribution in [0, 0.1) is 6.92 Å². The van der Waals surface area contributed by atoms with Crippen molar-refractivity contribution in [1.82, 2.24) is 5.43 Å². The van der Waals surface area contributed by atoms with Gasteiger partial charge in [-0.25, -0.2) is 5.43 Å². The Morgan fingerprint density at radius 1 is 1.00 bits per heavy atom. The van der Waals surface area contributed by atoms with Crippen LogP contribution in [0.1, 0.15) is 11.1 Å². The molecule has 0 unspecified atom stereocenters. The van der Waals surface area contributed by atoms with Gasteiger partial charge in [0.1, 0.15) is 18.1 Å². The lowest BCUT2D eigenvalue weighted by molar-refractivity contribution is -0.136. The van der Waals surface area contributed by atoms with E-state index in [0.29, 0.717) is 40.1 Å². The van der Waals surface area contributed by atoms with Crippen LogP contribution >= 0.6 is 27.5 Å². The van der Waals surface area contributed by atoms with E-state index in [2.05, 4.69) is 43.7 Å². The minimum absolute atomic E-state index is 0.274. The lowest BCUT2D eigenvalue weighted by Gasteiger charge is -2.11. The zero-order valence-corrected chi connectivity index (χ0v) is 22.6. The molecular weight excluding hydrogens is 576 g/mol. The van der Waals surface area contributed by atoms with Crippen LogP contribution in [0.2, 0.25) is 5.02 Å². The molecule has 0 spiro atoms. The van der Waals surface area contributed by atoms with Gasteiger partial charge in [-0.05, 0) is 73.2 Å². The maximum absolute atomic E-state index is 12.4. The van der Waals surface area contributed by atoms with Crippen LogP contribution < -0.4 is 25.5 Å². The van der Waals surface area contributed by atoms with Gasteiger partial charge >= 0.3 is 11.8 Å². The molecule has 3 amide bonds. The molecule has 0 saturated heterocycles. The number of nitrogens with one attached hydrogen (secondary N) is 3. The molecule has 0 aliphatic rings. The van der Waals surface area contributed by atoms with Crippen LogP contribution in [-0.4, -0.2) is 37.1 Å². The molecule has 3 aromatic rings. The highest BCUT2D eigenvalue weighted by molar-refractivity contribution is 9.10. The number of hydrogen-bond acceptors (Lipinski definition) is 6. The predicted molar refractivity (Wildman–Crippen MR) is 151 cm³/mol. The monoisotopic (exact) mass is 598 g/mol. The maximum atomic E-state index is 12.4. The van der Waals surface area contributed by atoms with Crippen molar-refractivity contribution in [3.63, 3.8) is 0 Å². The number of ether oxygens (including phenoxy) is 2. The highest BCUT2D eigenvalue weighted by Crippen LogP contribution is 2.23. The first-order valence-corrected chi connectivity index (χ1v) is 12.4. The Balaban J connectivity index is 1.55. The van der Waals surface area contributed by atoms with E-state index in [0.717, 1.165) is 10.0 Å². The van der Waals surface area contributed by atoms with Crippen LogP contribution in [0.4, 0.5) is 11.4 Å². The fourth-order valence-electron chi connectivity index (χ4n) is 3.04. The fourth-order valence-corrected chi connectivity index (χ4v) is 3.69. The zero-order chi connectivity index (χ0) is 27.5. The summed E-state index contributed by atoms with van der Waals surface area (Å²) in [7, 11) is 0.